The highest BCUT2D eigenvalue weighted by molar-refractivity contribution is 5.89. The number of terminal acetylenes is 1. The molecule has 134 valence electrons. The molecule has 0 saturated carbocycles. The van der Waals surface area contributed by atoms with Gasteiger partial charge in [-0.05, 0) is 47.9 Å². The second kappa shape index (κ2) is 8.30. The molecule has 0 heterocycles. The smallest absolute Gasteiger partial charge is 0.335 e. The number of carboxylic acid groups (broad SMARTS) is 1. The van der Waals surface area contributed by atoms with E-state index in [1.165, 1.54) is 24.3 Å². The first-order valence-corrected chi connectivity index (χ1v) is 7.87. The van der Waals surface area contributed by atoms with Gasteiger partial charge in [0.25, 0.3) is 5.92 Å². The number of hydrogen-bond donors (Lipinski definition) is 1. The highest BCUT2D eigenvalue weighted by Crippen LogP contribution is 2.26. The van der Waals surface area contributed by atoms with Crippen molar-refractivity contribution in [3.63, 3.8) is 0 Å². The number of carbonyl (C=O) groups is 1. The summed E-state index contributed by atoms with van der Waals surface area (Å²) in [5.74, 6) is -1.45. The van der Waals surface area contributed by atoms with E-state index in [9.17, 15) is 13.6 Å². The fourth-order valence-electron chi connectivity index (χ4n) is 2.47. The summed E-state index contributed by atoms with van der Waals surface area (Å²) in [7, 11) is 0. The maximum atomic E-state index is 14.3. The van der Waals surface area contributed by atoms with Crippen LogP contribution >= 0.6 is 0 Å². The van der Waals surface area contributed by atoms with E-state index in [4.69, 9.17) is 16.3 Å². The Morgan fingerprint density at radius 3 is 2.69 bits per heavy atom. The van der Waals surface area contributed by atoms with Crippen LogP contribution in [0.4, 0.5) is 8.78 Å². The van der Waals surface area contributed by atoms with E-state index in [1.54, 1.807) is 31.2 Å². The Morgan fingerprint density at radius 2 is 2.04 bits per heavy atom. The molecule has 3 nitrogen and oxygen atoms in total. The van der Waals surface area contributed by atoms with Crippen LogP contribution in [0.5, 0.6) is 5.75 Å². The van der Waals surface area contributed by atoms with Gasteiger partial charge < -0.3 is 9.84 Å². The van der Waals surface area contributed by atoms with E-state index in [1.807, 2.05) is 0 Å². The molecule has 1 N–H and O–H groups in total. The van der Waals surface area contributed by atoms with E-state index in [2.05, 4.69) is 5.92 Å². The number of halogens is 2. The summed E-state index contributed by atoms with van der Waals surface area (Å²) in [5, 5.41) is 9.10. The zero-order valence-corrected chi connectivity index (χ0v) is 14.2. The van der Waals surface area contributed by atoms with E-state index < -0.39 is 18.3 Å². The fraction of sp³-hybridized carbons (Fsp3) is 0.190. The molecule has 5 heteroatoms. The van der Waals surface area contributed by atoms with Gasteiger partial charge in [-0.1, -0.05) is 36.3 Å². The van der Waals surface area contributed by atoms with Crippen molar-refractivity contribution in [1.82, 2.24) is 0 Å². The molecule has 0 saturated heterocycles. The number of rotatable bonds is 7. The Bertz CT molecular complexity index is 864. The normalized spacial score (nSPS) is 11.3. The van der Waals surface area contributed by atoms with Gasteiger partial charge in [-0.2, -0.15) is 0 Å². The topological polar surface area (TPSA) is 46.5 Å². The van der Waals surface area contributed by atoms with Crippen LogP contribution in [0.1, 0.15) is 27.0 Å². The molecule has 0 unspecified atom stereocenters. The lowest BCUT2D eigenvalue weighted by Gasteiger charge is -2.14. The van der Waals surface area contributed by atoms with Gasteiger partial charge in [0.15, 0.2) is 0 Å². The molecule has 0 aliphatic rings. The number of carboxylic acids is 1. The third-order valence-electron chi connectivity index (χ3n) is 3.70. The van der Waals surface area contributed by atoms with E-state index >= 15 is 0 Å². The summed E-state index contributed by atoms with van der Waals surface area (Å²) in [6.07, 6.45) is 6.54. The zero-order valence-electron chi connectivity index (χ0n) is 14.2. The van der Waals surface area contributed by atoms with E-state index in [0.29, 0.717) is 11.3 Å². The third-order valence-corrected chi connectivity index (χ3v) is 3.70. The first-order chi connectivity index (χ1) is 12.3. The van der Waals surface area contributed by atoms with Crippen molar-refractivity contribution in [1.29, 1.82) is 0 Å². The minimum atomic E-state index is -3.18. The molecule has 0 atom stereocenters. The predicted octanol–water partition coefficient (Wildman–Crippen LogP) is 4.60. The van der Waals surface area contributed by atoms with Gasteiger partial charge in [-0.25, -0.2) is 13.6 Å². The molecular weight excluding hydrogens is 338 g/mol. The lowest BCUT2D eigenvalue weighted by Crippen LogP contribution is -2.18. The second-order valence-electron chi connectivity index (χ2n) is 5.75. The molecule has 0 fully saturated rings. The Labute approximate surface area is 150 Å². The number of alkyl halides is 2. The minimum Gasteiger partial charge on any atom is -0.481 e. The van der Waals surface area contributed by atoms with Crippen LogP contribution in [0, 0.1) is 19.3 Å². The Morgan fingerprint density at radius 1 is 1.31 bits per heavy atom. The molecular formula is C21H18F2O3. The minimum absolute atomic E-state index is 0.0869. The summed E-state index contributed by atoms with van der Waals surface area (Å²) >= 11 is 0. The second-order valence-corrected chi connectivity index (χ2v) is 5.75. The molecule has 2 rings (SSSR count). The van der Waals surface area contributed by atoms with Crippen molar-refractivity contribution in [2.24, 2.45) is 0 Å². The third kappa shape index (κ3) is 5.18. The lowest BCUT2D eigenvalue weighted by atomic mass is 10.00. The van der Waals surface area contributed by atoms with Gasteiger partial charge in [0.1, 0.15) is 12.4 Å². The first kappa shape index (κ1) is 19.2. The zero-order chi connectivity index (χ0) is 19.2. The molecule has 0 radical (unpaired) electrons. The van der Waals surface area contributed by atoms with Gasteiger partial charge in [-0.3, -0.25) is 0 Å². The number of aryl methyl sites for hydroxylation is 1. The van der Waals surface area contributed by atoms with Gasteiger partial charge in [0.2, 0.25) is 0 Å². The molecule has 0 bridgehead atoms. The number of hydrogen-bond acceptors (Lipinski definition) is 2. The molecule has 0 amide bonds. The number of allylic oxidation sites excluding steroid dienone is 1. The highest BCUT2D eigenvalue weighted by Gasteiger charge is 2.27. The van der Waals surface area contributed by atoms with Crippen LogP contribution in [-0.2, 0) is 6.42 Å². The van der Waals surface area contributed by atoms with E-state index in [-0.39, 0.29) is 17.7 Å². The van der Waals surface area contributed by atoms with Crippen molar-refractivity contribution in [2.75, 3.05) is 6.61 Å². The summed E-state index contributed by atoms with van der Waals surface area (Å²) in [6, 6.07) is 10.8. The maximum Gasteiger partial charge on any atom is 0.335 e. The molecule has 2 aromatic rings. The average molecular weight is 356 g/mol. The summed E-state index contributed by atoms with van der Waals surface area (Å²) in [4.78, 5) is 11.1. The molecule has 0 aromatic heterocycles. The molecule has 2 aromatic carbocycles. The van der Waals surface area contributed by atoms with Crippen molar-refractivity contribution in [3.8, 4) is 18.1 Å². The predicted molar refractivity (Wildman–Crippen MR) is 96.6 cm³/mol. The number of benzene rings is 2. The van der Waals surface area contributed by atoms with Crippen LogP contribution in [0.25, 0.3) is 6.08 Å². The standard InChI is InChI=1S/C21H18F2O3/c1-3-12-26-19-9-8-16(13-15(19)2)10-11-21(22,23)14-17-6-4-5-7-18(17)20(24)25/h1,4-11,13H,12,14H2,2H3,(H,24,25)/b11-10+. The summed E-state index contributed by atoms with van der Waals surface area (Å²) in [6.45, 7) is 1.93. The average Bonchev–Trinajstić information content (AvgIpc) is 2.59. The Balaban J connectivity index is 2.15. The summed E-state index contributed by atoms with van der Waals surface area (Å²) < 4.78 is 33.9. The fourth-order valence-corrected chi connectivity index (χ4v) is 2.47. The van der Waals surface area contributed by atoms with E-state index in [0.717, 1.165) is 11.6 Å². The molecule has 0 aliphatic carbocycles. The van der Waals surface area contributed by atoms with Crippen LogP contribution < -0.4 is 4.74 Å². The monoisotopic (exact) mass is 356 g/mol. The molecule has 0 spiro atoms. The summed E-state index contributed by atoms with van der Waals surface area (Å²) in [5.41, 5.74) is 1.33. The van der Waals surface area contributed by atoms with Crippen molar-refractivity contribution in [2.45, 2.75) is 19.3 Å². The van der Waals surface area contributed by atoms with Crippen LogP contribution in [0.15, 0.2) is 48.5 Å². The number of aromatic carboxylic acids is 1. The van der Waals surface area contributed by atoms with Crippen LogP contribution in [0.2, 0.25) is 0 Å². The number of ether oxygens (including phenoxy) is 1. The van der Waals surface area contributed by atoms with Crippen LogP contribution in [-0.4, -0.2) is 23.6 Å². The Hall–Kier alpha value is -3.13. The van der Waals surface area contributed by atoms with Gasteiger partial charge >= 0.3 is 5.97 Å². The van der Waals surface area contributed by atoms with Crippen LogP contribution in [0.3, 0.4) is 0 Å². The van der Waals surface area contributed by atoms with Crippen molar-refractivity contribution >= 4 is 12.0 Å². The Kier molecular flexibility index (Phi) is 6.13. The van der Waals surface area contributed by atoms with Crippen molar-refractivity contribution in [3.05, 3.63) is 70.8 Å². The SMILES string of the molecule is C#CCOc1ccc(/C=C/C(F)(F)Cc2ccccc2C(=O)O)cc1C. The lowest BCUT2D eigenvalue weighted by molar-refractivity contribution is 0.0557. The highest BCUT2D eigenvalue weighted by atomic mass is 19.3. The van der Waals surface area contributed by atoms with Gasteiger partial charge in [0, 0.05) is 6.42 Å². The first-order valence-electron chi connectivity index (χ1n) is 7.87. The van der Waals surface area contributed by atoms with Crippen molar-refractivity contribution < 1.29 is 23.4 Å². The van der Waals surface area contributed by atoms with Gasteiger partial charge in [-0.15, -0.1) is 6.42 Å². The quantitative estimate of drug-likeness (QED) is 0.738. The maximum absolute atomic E-state index is 14.3. The van der Waals surface area contributed by atoms with Gasteiger partial charge in [0.05, 0.1) is 5.56 Å². The molecule has 0 aliphatic heterocycles. The largest absolute Gasteiger partial charge is 0.481 e. The molecule has 26 heavy (non-hydrogen) atoms.